The maximum atomic E-state index is 5.64. The lowest BCUT2D eigenvalue weighted by Gasteiger charge is -2.40. The van der Waals surface area contributed by atoms with Gasteiger partial charge in [-0.2, -0.15) is 0 Å². The van der Waals surface area contributed by atoms with Crippen LogP contribution in [-0.4, -0.2) is 57.9 Å². The minimum Gasteiger partial charge on any atom is -0.494 e. The fourth-order valence-electron chi connectivity index (χ4n) is 4.06. The molecule has 30 heavy (non-hydrogen) atoms. The molecule has 1 saturated heterocycles. The van der Waals surface area contributed by atoms with Gasteiger partial charge in [-0.15, -0.1) is 5.10 Å². The number of benzene rings is 2. The molecule has 1 fully saturated rings. The summed E-state index contributed by atoms with van der Waals surface area (Å²) in [5.41, 5.74) is 2.46. The number of aromatic nitrogens is 4. The lowest BCUT2D eigenvalue weighted by atomic mass is 10.0. The van der Waals surface area contributed by atoms with Gasteiger partial charge in [0.15, 0.2) is 5.82 Å². The summed E-state index contributed by atoms with van der Waals surface area (Å²) in [6.07, 6.45) is 0. The number of ether oxygens (including phenoxy) is 1. The first-order chi connectivity index (χ1) is 14.7. The zero-order chi connectivity index (χ0) is 20.9. The lowest BCUT2D eigenvalue weighted by molar-refractivity contribution is 0.199. The highest BCUT2D eigenvalue weighted by atomic mass is 16.5. The topological polar surface area (TPSA) is 59.3 Å². The van der Waals surface area contributed by atoms with E-state index in [2.05, 4.69) is 81.6 Å². The molecule has 0 bridgehead atoms. The molecule has 7 heteroatoms. The van der Waals surface area contributed by atoms with E-state index in [0.29, 0.717) is 6.61 Å². The summed E-state index contributed by atoms with van der Waals surface area (Å²) in [6.45, 7) is 10.7. The Morgan fingerprint density at radius 1 is 0.933 bits per heavy atom. The van der Waals surface area contributed by atoms with Crippen LogP contribution < -0.4 is 9.64 Å². The van der Waals surface area contributed by atoms with Crippen LogP contribution in [0.5, 0.6) is 5.75 Å². The Hall–Kier alpha value is -2.93. The fraction of sp³-hybridized carbons (Fsp3) is 0.435. The van der Waals surface area contributed by atoms with Crippen molar-refractivity contribution in [1.82, 2.24) is 25.1 Å². The Balaban J connectivity index is 1.60. The predicted octanol–water partition coefficient (Wildman–Crippen LogP) is 3.56. The summed E-state index contributed by atoms with van der Waals surface area (Å²) in [4.78, 5) is 4.93. The second-order valence-electron chi connectivity index (χ2n) is 7.84. The molecule has 1 aliphatic rings. The number of rotatable bonds is 7. The third-order valence-corrected chi connectivity index (χ3v) is 5.56. The normalized spacial score (nSPS) is 16.1. The van der Waals surface area contributed by atoms with E-state index in [-0.39, 0.29) is 12.1 Å². The smallest absolute Gasteiger partial charge is 0.173 e. The van der Waals surface area contributed by atoms with E-state index in [1.807, 2.05) is 23.7 Å². The lowest BCUT2D eigenvalue weighted by Crippen LogP contribution is -2.48. The molecule has 0 radical (unpaired) electrons. The van der Waals surface area contributed by atoms with Crippen molar-refractivity contribution in [3.05, 3.63) is 66.0 Å². The minimum atomic E-state index is 0.0102. The Morgan fingerprint density at radius 3 is 2.27 bits per heavy atom. The van der Waals surface area contributed by atoms with E-state index in [1.165, 1.54) is 11.3 Å². The molecule has 4 rings (SSSR count). The van der Waals surface area contributed by atoms with Crippen molar-refractivity contribution >= 4 is 5.69 Å². The molecule has 0 amide bonds. The maximum absolute atomic E-state index is 5.64. The van der Waals surface area contributed by atoms with Gasteiger partial charge in [-0.05, 0) is 61.0 Å². The number of piperazine rings is 1. The molecule has 158 valence electrons. The molecule has 0 saturated carbocycles. The fourth-order valence-corrected chi connectivity index (χ4v) is 4.06. The number of hydrogen-bond acceptors (Lipinski definition) is 6. The van der Waals surface area contributed by atoms with Crippen LogP contribution in [0.25, 0.3) is 0 Å². The SMILES string of the molecule is CCOc1ccc([C@H](c2nnnn2C(C)C)N2CCN(c3ccccc3)CC2)cc1. The van der Waals surface area contributed by atoms with E-state index in [9.17, 15) is 0 Å². The molecule has 0 N–H and O–H groups in total. The first-order valence-corrected chi connectivity index (χ1v) is 10.7. The van der Waals surface area contributed by atoms with Crippen molar-refractivity contribution in [2.75, 3.05) is 37.7 Å². The highest BCUT2D eigenvalue weighted by Gasteiger charge is 2.31. The summed E-state index contributed by atoms with van der Waals surface area (Å²) in [5, 5.41) is 12.7. The molecule has 1 atom stereocenters. The Morgan fingerprint density at radius 2 is 1.63 bits per heavy atom. The highest BCUT2D eigenvalue weighted by Crippen LogP contribution is 2.31. The van der Waals surface area contributed by atoms with Crippen LogP contribution in [0.4, 0.5) is 5.69 Å². The van der Waals surface area contributed by atoms with Crippen molar-refractivity contribution in [2.45, 2.75) is 32.9 Å². The highest BCUT2D eigenvalue weighted by molar-refractivity contribution is 5.46. The van der Waals surface area contributed by atoms with E-state index >= 15 is 0 Å². The van der Waals surface area contributed by atoms with Crippen LogP contribution >= 0.6 is 0 Å². The second kappa shape index (κ2) is 9.26. The van der Waals surface area contributed by atoms with Crippen LogP contribution in [-0.2, 0) is 0 Å². The predicted molar refractivity (Wildman–Crippen MR) is 118 cm³/mol. The van der Waals surface area contributed by atoms with Crippen LogP contribution in [0.2, 0.25) is 0 Å². The van der Waals surface area contributed by atoms with Gasteiger partial charge in [0.05, 0.1) is 18.7 Å². The number of para-hydroxylation sites is 1. The van der Waals surface area contributed by atoms with E-state index < -0.39 is 0 Å². The van der Waals surface area contributed by atoms with Gasteiger partial charge < -0.3 is 9.64 Å². The Kier molecular flexibility index (Phi) is 6.28. The zero-order valence-corrected chi connectivity index (χ0v) is 18.0. The summed E-state index contributed by atoms with van der Waals surface area (Å²) >= 11 is 0. The summed E-state index contributed by atoms with van der Waals surface area (Å²) in [6, 6.07) is 19.2. The van der Waals surface area contributed by atoms with Crippen molar-refractivity contribution in [1.29, 1.82) is 0 Å². The van der Waals surface area contributed by atoms with Crippen molar-refractivity contribution < 1.29 is 4.74 Å². The monoisotopic (exact) mass is 406 g/mol. The van der Waals surface area contributed by atoms with Crippen molar-refractivity contribution in [3.63, 3.8) is 0 Å². The molecule has 2 heterocycles. The summed E-state index contributed by atoms with van der Waals surface area (Å²) in [5.74, 6) is 1.78. The standard InChI is InChI=1S/C23H30N6O/c1-4-30-21-12-10-19(11-13-21)22(23-24-25-26-29(23)18(2)3)28-16-14-27(15-17-28)20-8-6-5-7-9-20/h5-13,18,22H,4,14-17H2,1-3H3/t22-/m1/s1. The molecule has 0 unspecified atom stereocenters. The average molecular weight is 407 g/mol. The second-order valence-corrected chi connectivity index (χ2v) is 7.84. The van der Waals surface area contributed by atoms with Gasteiger partial charge in [0.2, 0.25) is 0 Å². The van der Waals surface area contributed by atoms with Gasteiger partial charge in [-0.1, -0.05) is 30.3 Å². The Labute approximate surface area is 178 Å². The third-order valence-electron chi connectivity index (χ3n) is 5.56. The summed E-state index contributed by atoms with van der Waals surface area (Å²) in [7, 11) is 0. The van der Waals surface area contributed by atoms with Gasteiger partial charge in [-0.25, -0.2) is 4.68 Å². The molecule has 0 spiro atoms. The van der Waals surface area contributed by atoms with E-state index in [4.69, 9.17) is 4.74 Å². The first-order valence-electron chi connectivity index (χ1n) is 10.7. The number of anilines is 1. The van der Waals surface area contributed by atoms with Crippen molar-refractivity contribution in [3.8, 4) is 5.75 Å². The molecule has 7 nitrogen and oxygen atoms in total. The first kappa shape index (κ1) is 20.3. The molecule has 2 aromatic carbocycles. The van der Waals surface area contributed by atoms with Crippen LogP contribution in [0, 0.1) is 0 Å². The molecule has 3 aromatic rings. The third kappa shape index (κ3) is 4.31. The van der Waals surface area contributed by atoms with E-state index in [0.717, 1.165) is 37.8 Å². The molecule has 1 aliphatic heterocycles. The van der Waals surface area contributed by atoms with Crippen LogP contribution in [0.3, 0.4) is 0 Å². The van der Waals surface area contributed by atoms with Crippen LogP contribution in [0.1, 0.15) is 44.2 Å². The largest absolute Gasteiger partial charge is 0.494 e. The maximum Gasteiger partial charge on any atom is 0.173 e. The van der Waals surface area contributed by atoms with Gasteiger partial charge in [-0.3, -0.25) is 4.90 Å². The number of tetrazole rings is 1. The van der Waals surface area contributed by atoms with Gasteiger partial charge in [0.25, 0.3) is 0 Å². The summed E-state index contributed by atoms with van der Waals surface area (Å²) < 4.78 is 7.57. The van der Waals surface area contributed by atoms with Gasteiger partial charge in [0, 0.05) is 31.9 Å². The zero-order valence-electron chi connectivity index (χ0n) is 18.0. The van der Waals surface area contributed by atoms with Crippen molar-refractivity contribution in [2.24, 2.45) is 0 Å². The quantitative estimate of drug-likeness (QED) is 0.598. The van der Waals surface area contributed by atoms with Gasteiger partial charge in [0.1, 0.15) is 5.75 Å². The molecule has 1 aromatic heterocycles. The number of nitrogens with zero attached hydrogens (tertiary/aromatic N) is 6. The number of hydrogen-bond donors (Lipinski definition) is 0. The molecule has 0 aliphatic carbocycles. The minimum absolute atomic E-state index is 0.0102. The average Bonchev–Trinajstić information content (AvgIpc) is 3.26. The van der Waals surface area contributed by atoms with E-state index in [1.54, 1.807) is 0 Å². The molecular weight excluding hydrogens is 376 g/mol. The van der Waals surface area contributed by atoms with Gasteiger partial charge >= 0.3 is 0 Å². The Bertz CT molecular complexity index is 916. The molecular formula is C23H30N6O. The van der Waals surface area contributed by atoms with Crippen LogP contribution in [0.15, 0.2) is 54.6 Å².